The number of rotatable bonds is 6. The quantitative estimate of drug-likeness (QED) is 0.629. The number of carbonyl (C=O) groups is 2. The predicted molar refractivity (Wildman–Crippen MR) is 104 cm³/mol. The molecular formula is C18H20N2O5S2. The summed E-state index contributed by atoms with van der Waals surface area (Å²) in [7, 11) is -3.89. The van der Waals surface area contributed by atoms with E-state index in [1.165, 1.54) is 6.07 Å². The lowest BCUT2D eigenvalue weighted by Gasteiger charge is -2.23. The molecule has 3 rings (SSSR count). The van der Waals surface area contributed by atoms with Crippen molar-refractivity contribution in [3.05, 3.63) is 42.5 Å². The van der Waals surface area contributed by atoms with Crippen LogP contribution in [-0.2, 0) is 19.6 Å². The van der Waals surface area contributed by atoms with Crippen molar-refractivity contribution in [1.82, 2.24) is 9.62 Å². The van der Waals surface area contributed by atoms with Gasteiger partial charge in [0.1, 0.15) is 6.04 Å². The third-order valence-corrected chi connectivity index (χ3v) is 6.75. The van der Waals surface area contributed by atoms with Crippen LogP contribution in [0.3, 0.4) is 0 Å². The van der Waals surface area contributed by atoms with Gasteiger partial charge in [-0.15, -0.1) is 0 Å². The maximum atomic E-state index is 13.1. The van der Waals surface area contributed by atoms with E-state index < -0.39 is 27.9 Å². The van der Waals surface area contributed by atoms with Crippen molar-refractivity contribution in [1.29, 1.82) is 0 Å². The average Bonchev–Trinajstić information content (AvgIpc) is 3.03. The summed E-state index contributed by atoms with van der Waals surface area (Å²) < 4.78 is 27.4. The van der Waals surface area contributed by atoms with Crippen LogP contribution in [-0.4, -0.2) is 54.1 Å². The Balaban J connectivity index is 1.86. The largest absolute Gasteiger partial charge is 0.481 e. The molecule has 2 aromatic carbocycles. The Kier molecular flexibility index (Phi) is 5.73. The molecule has 144 valence electrons. The van der Waals surface area contributed by atoms with Crippen LogP contribution in [0.4, 0.5) is 0 Å². The SMILES string of the molecule is O=C(O)CCNC(=O)[C@@H]1C[C@@H](S)CN1S(=O)(=O)c1ccc2ccccc2c1. The van der Waals surface area contributed by atoms with E-state index in [2.05, 4.69) is 17.9 Å². The third-order valence-electron chi connectivity index (χ3n) is 4.50. The standard InChI is InChI=1S/C18H20N2O5S2/c21-17(22)7-8-19-18(23)16-10-14(26)11-20(16)27(24,25)15-6-5-12-3-1-2-4-13(12)9-15/h1-6,9,14,16,26H,7-8,10-11H2,(H,19,23)(H,21,22)/t14-,16+/m1/s1. The van der Waals surface area contributed by atoms with Gasteiger partial charge in [-0.2, -0.15) is 16.9 Å². The molecule has 1 amide bonds. The lowest BCUT2D eigenvalue weighted by molar-refractivity contribution is -0.137. The van der Waals surface area contributed by atoms with E-state index in [0.717, 1.165) is 15.1 Å². The fraction of sp³-hybridized carbons (Fsp3) is 0.333. The summed E-state index contributed by atoms with van der Waals surface area (Å²) in [6, 6.07) is 11.4. The monoisotopic (exact) mass is 408 g/mol. The number of hydrogen-bond donors (Lipinski definition) is 3. The summed E-state index contributed by atoms with van der Waals surface area (Å²) in [5, 5.41) is 12.6. The van der Waals surface area contributed by atoms with Crippen LogP contribution in [0.1, 0.15) is 12.8 Å². The summed E-state index contributed by atoms with van der Waals surface area (Å²) in [4.78, 5) is 23.1. The average molecular weight is 409 g/mol. The number of aliphatic carboxylic acids is 1. The summed E-state index contributed by atoms with van der Waals surface area (Å²) >= 11 is 4.35. The van der Waals surface area contributed by atoms with Crippen molar-refractivity contribution in [2.75, 3.05) is 13.1 Å². The third kappa shape index (κ3) is 4.26. The molecule has 0 unspecified atom stereocenters. The molecule has 1 aliphatic heterocycles. The molecule has 1 saturated heterocycles. The van der Waals surface area contributed by atoms with Crippen LogP contribution in [0.25, 0.3) is 10.8 Å². The number of sulfonamides is 1. The number of thiol groups is 1. The van der Waals surface area contributed by atoms with Crippen LogP contribution in [0.5, 0.6) is 0 Å². The first-order chi connectivity index (χ1) is 12.8. The van der Waals surface area contributed by atoms with Crippen molar-refractivity contribution in [3.8, 4) is 0 Å². The van der Waals surface area contributed by atoms with Crippen LogP contribution >= 0.6 is 12.6 Å². The van der Waals surface area contributed by atoms with Crippen molar-refractivity contribution in [2.45, 2.75) is 29.0 Å². The second kappa shape index (κ2) is 7.87. The summed E-state index contributed by atoms with van der Waals surface area (Å²) in [6.07, 6.45) is 0.0506. The van der Waals surface area contributed by atoms with Gasteiger partial charge in [0, 0.05) is 18.3 Å². The molecule has 0 aromatic heterocycles. The van der Waals surface area contributed by atoms with Crippen LogP contribution in [0.15, 0.2) is 47.4 Å². The molecule has 0 spiro atoms. The minimum absolute atomic E-state index is 0.0498. The number of benzene rings is 2. The first-order valence-corrected chi connectivity index (χ1v) is 10.4. The van der Waals surface area contributed by atoms with E-state index in [-0.39, 0.29) is 36.1 Å². The lowest BCUT2D eigenvalue weighted by atomic mass is 10.1. The van der Waals surface area contributed by atoms with E-state index in [9.17, 15) is 18.0 Å². The van der Waals surface area contributed by atoms with Gasteiger partial charge in [0.15, 0.2) is 0 Å². The Morgan fingerprint density at radius 2 is 1.89 bits per heavy atom. The zero-order valence-corrected chi connectivity index (χ0v) is 16.1. The smallest absolute Gasteiger partial charge is 0.305 e. The van der Waals surface area contributed by atoms with Gasteiger partial charge in [-0.3, -0.25) is 9.59 Å². The highest BCUT2D eigenvalue weighted by molar-refractivity contribution is 7.89. The van der Waals surface area contributed by atoms with Crippen molar-refractivity contribution < 1.29 is 23.1 Å². The fourth-order valence-corrected chi connectivity index (χ4v) is 5.33. The minimum Gasteiger partial charge on any atom is -0.481 e. The molecule has 1 fully saturated rings. The Hall–Kier alpha value is -2.10. The summed E-state index contributed by atoms with van der Waals surface area (Å²) in [5.74, 6) is -1.54. The highest BCUT2D eigenvalue weighted by atomic mass is 32.2. The normalized spacial score (nSPS) is 20.6. The van der Waals surface area contributed by atoms with Crippen LogP contribution in [0, 0.1) is 0 Å². The van der Waals surface area contributed by atoms with Crippen molar-refractivity contribution in [2.24, 2.45) is 0 Å². The molecule has 2 aromatic rings. The Labute approximate surface area is 162 Å². The summed E-state index contributed by atoms with van der Waals surface area (Å²) in [5.41, 5.74) is 0. The number of carboxylic acids is 1. The number of hydrogen-bond acceptors (Lipinski definition) is 5. The number of nitrogens with zero attached hydrogens (tertiary/aromatic N) is 1. The zero-order chi connectivity index (χ0) is 19.6. The first kappa shape index (κ1) is 19.7. The molecule has 1 aliphatic rings. The lowest BCUT2D eigenvalue weighted by Crippen LogP contribution is -2.46. The Morgan fingerprint density at radius 3 is 2.59 bits per heavy atom. The van der Waals surface area contributed by atoms with E-state index in [1.807, 2.05) is 24.3 Å². The summed E-state index contributed by atoms with van der Waals surface area (Å²) in [6.45, 7) is 0.0705. The molecular weight excluding hydrogens is 388 g/mol. The van der Waals surface area contributed by atoms with Gasteiger partial charge in [-0.05, 0) is 29.3 Å². The van der Waals surface area contributed by atoms with Crippen molar-refractivity contribution >= 4 is 45.3 Å². The number of amides is 1. The van der Waals surface area contributed by atoms with Crippen LogP contribution in [0.2, 0.25) is 0 Å². The van der Waals surface area contributed by atoms with Gasteiger partial charge in [0.25, 0.3) is 0 Å². The van der Waals surface area contributed by atoms with Crippen molar-refractivity contribution in [3.63, 3.8) is 0 Å². The second-order valence-corrected chi connectivity index (χ2v) is 9.04. The Morgan fingerprint density at radius 1 is 1.19 bits per heavy atom. The minimum atomic E-state index is -3.89. The van der Waals surface area contributed by atoms with E-state index in [1.54, 1.807) is 12.1 Å². The molecule has 2 atom stereocenters. The molecule has 2 N–H and O–H groups in total. The topological polar surface area (TPSA) is 104 Å². The number of carboxylic acid groups (broad SMARTS) is 1. The molecule has 0 saturated carbocycles. The molecule has 0 aliphatic carbocycles. The van der Waals surface area contributed by atoms with E-state index >= 15 is 0 Å². The molecule has 9 heteroatoms. The zero-order valence-electron chi connectivity index (χ0n) is 14.4. The highest BCUT2D eigenvalue weighted by Gasteiger charge is 2.42. The maximum absolute atomic E-state index is 13.1. The van der Waals surface area contributed by atoms with Gasteiger partial charge < -0.3 is 10.4 Å². The van der Waals surface area contributed by atoms with Gasteiger partial charge in [-0.25, -0.2) is 8.42 Å². The Bertz CT molecular complexity index is 977. The second-order valence-electron chi connectivity index (χ2n) is 6.42. The highest BCUT2D eigenvalue weighted by Crippen LogP contribution is 2.30. The van der Waals surface area contributed by atoms with Gasteiger partial charge in [0.05, 0.1) is 11.3 Å². The first-order valence-electron chi connectivity index (χ1n) is 8.47. The van der Waals surface area contributed by atoms with E-state index in [4.69, 9.17) is 5.11 Å². The van der Waals surface area contributed by atoms with Crippen LogP contribution < -0.4 is 5.32 Å². The van der Waals surface area contributed by atoms with Gasteiger partial charge in [0.2, 0.25) is 15.9 Å². The molecule has 27 heavy (non-hydrogen) atoms. The predicted octanol–water partition coefficient (Wildman–Crippen LogP) is 1.49. The van der Waals surface area contributed by atoms with E-state index in [0.29, 0.717) is 0 Å². The molecule has 1 heterocycles. The number of fused-ring (bicyclic) bond motifs is 1. The number of carbonyl (C=O) groups excluding carboxylic acids is 1. The molecule has 7 nitrogen and oxygen atoms in total. The van der Waals surface area contributed by atoms with Gasteiger partial charge in [-0.1, -0.05) is 30.3 Å². The number of nitrogens with one attached hydrogen (secondary N) is 1. The fourth-order valence-electron chi connectivity index (χ4n) is 3.16. The molecule has 0 radical (unpaired) electrons. The van der Waals surface area contributed by atoms with Gasteiger partial charge >= 0.3 is 5.97 Å². The molecule has 0 bridgehead atoms. The maximum Gasteiger partial charge on any atom is 0.305 e.